The molecule has 1 aromatic carbocycles. The first-order valence-corrected chi connectivity index (χ1v) is 6.17. The molecule has 1 atom stereocenters. The van der Waals surface area contributed by atoms with E-state index in [0.29, 0.717) is 5.69 Å². The molecular weight excluding hydrogens is 274 g/mol. The lowest BCUT2D eigenvalue weighted by Gasteiger charge is -2.15. The number of benzene rings is 1. The van der Waals surface area contributed by atoms with Crippen molar-refractivity contribution in [3.8, 4) is 0 Å². The van der Waals surface area contributed by atoms with Gasteiger partial charge in [0.05, 0.1) is 4.92 Å². The van der Waals surface area contributed by atoms with E-state index in [4.69, 9.17) is 5.11 Å². The maximum atomic E-state index is 10.9. The molecule has 0 amide bonds. The minimum atomic E-state index is -1.32. The van der Waals surface area contributed by atoms with E-state index in [2.05, 4.69) is 10.3 Å². The van der Waals surface area contributed by atoms with Crippen LogP contribution in [0.3, 0.4) is 0 Å². The van der Waals surface area contributed by atoms with Gasteiger partial charge >= 0.3 is 5.97 Å². The van der Waals surface area contributed by atoms with Crippen LogP contribution >= 0.6 is 0 Å². The van der Waals surface area contributed by atoms with Crippen molar-refractivity contribution in [3.63, 3.8) is 0 Å². The van der Waals surface area contributed by atoms with E-state index in [1.54, 1.807) is 12.4 Å². The Morgan fingerprint density at radius 1 is 1.33 bits per heavy atom. The van der Waals surface area contributed by atoms with Gasteiger partial charge in [-0.05, 0) is 36.8 Å². The highest BCUT2D eigenvalue weighted by molar-refractivity contribution is 5.93. The van der Waals surface area contributed by atoms with E-state index < -0.39 is 16.6 Å². The summed E-state index contributed by atoms with van der Waals surface area (Å²) in [4.78, 5) is 25.1. The Morgan fingerprint density at radius 3 is 2.57 bits per heavy atom. The number of pyridine rings is 1. The molecule has 0 radical (unpaired) electrons. The molecule has 7 nitrogen and oxygen atoms in total. The third-order valence-electron chi connectivity index (χ3n) is 3.01. The number of carbonyl (C=O) groups is 1. The predicted molar refractivity (Wildman–Crippen MR) is 76.3 cm³/mol. The number of nitro benzene ring substituents is 1. The van der Waals surface area contributed by atoms with Gasteiger partial charge in [0.2, 0.25) is 0 Å². The highest BCUT2D eigenvalue weighted by Gasteiger charge is 2.20. The number of hydrogen-bond acceptors (Lipinski definition) is 5. The third kappa shape index (κ3) is 3.33. The highest BCUT2D eigenvalue weighted by Crippen LogP contribution is 2.26. The van der Waals surface area contributed by atoms with Crippen molar-refractivity contribution in [3.05, 3.63) is 64.0 Å². The van der Waals surface area contributed by atoms with E-state index in [0.717, 1.165) is 5.56 Å². The molecule has 1 unspecified atom stereocenters. The van der Waals surface area contributed by atoms with Crippen molar-refractivity contribution < 1.29 is 14.8 Å². The Labute approximate surface area is 120 Å². The summed E-state index contributed by atoms with van der Waals surface area (Å²) >= 11 is 0. The molecule has 2 aromatic rings. The molecule has 0 saturated heterocycles. The number of carboxylic acid groups (broad SMARTS) is 1. The van der Waals surface area contributed by atoms with Crippen molar-refractivity contribution in [1.29, 1.82) is 0 Å². The summed E-state index contributed by atoms with van der Waals surface area (Å²) in [7, 11) is 0. The van der Waals surface area contributed by atoms with Crippen molar-refractivity contribution in [2.24, 2.45) is 0 Å². The molecule has 21 heavy (non-hydrogen) atoms. The second-order valence-electron chi connectivity index (χ2n) is 4.44. The smallest absolute Gasteiger partial charge is 0.342 e. The summed E-state index contributed by atoms with van der Waals surface area (Å²) in [6, 6.07) is 7.52. The largest absolute Gasteiger partial charge is 0.477 e. The van der Waals surface area contributed by atoms with Crippen LogP contribution in [-0.4, -0.2) is 21.0 Å². The van der Waals surface area contributed by atoms with Gasteiger partial charge in [-0.15, -0.1) is 0 Å². The van der Waals surface area contributed by atoms with Gasteiger partial charge in [-0.2, -0.15) is 0 Å². The van der Waals surface area contributed by atoms with Crippen molar-refractivity contribution >= 4 is 17.3 Å². The molecule has 0 aliphatic heterocycles. The average molecular weight is 287 g/mol. The van der Waals surface area contributed by atoms with E-state index in [9.17, 15) is 14.9 Å². The molecule has 0 aliphatic rings. The lowest BCUT2D eigenvalue weighted by molar-refractivity contribution is -0.385. The van der Waals surface area contributed by atoms with Gasteiger partial charge in [0.25, 0.3) is 5.69 Å². The molecule has 0 aliphatic carbocycles. The van der Waals surface area contributed by atoms with Gasteiger partial charge < -0.3 is 10.4 Å². The Kier molecular flexibility index (Phi) is 4.13. The lowest BCUT2D eigenvalue weighted by Crippen LogP contribution is -2.08. The molecule has 0 fully saturated rings. The summed E-state index contributed by atoms with van der Waals surface area (Å²) < 4.78 is 0. The average Bonchev–Trinajstić information content (AvgIpc) is 2.47. The summed E-state index contributed by atoms with van der Waals surface area (Å²) in [5.74, 6) is -1.32. The number of hydrogen-bond donors (Lipinski definition) is 2. The van der Waals surface area contributed by atoms with Gasteiger partial charge in [-0.1, -0.05) is 0 Å². The van der Waals surface area contributed by atoms with Gasteiger partial charge in [0.1, 0.15) is 5.56 Å². The topological polar surface area (TPSA) is 105 Å². The highest BCUT2D eigenvalue weighted by atomic mass is 16.6. The summed E-state index contributed by atoms with van der Waals surface area (Å²) in [6.07, 6.45) is 3.31. The van der Waals surface area contributed by atoms with E-state index in [-0.39, 0.29) is 11.6 Å². The summed E-state index contributed by atoms with van der Waals surface area (Å²) in [5, 5.41) is 23.0. The van der Waals surface area contributed by atoms with E-state index in [1.807, 2.05) is 19.1 Å². The molecule has 1 heterocycles. The van der Waals surface area contributed by atoms with Crippen LogP contribution in [0.25, 0.3) is 0 Å². The molecule has 2 rings (SSSR count). The standard InChI is InChI=1S/C14H13N3O4/c1-9(10-4-6-15-7-5-10)16-11-2-3-12(14(18)19)13(8-11)17(20)21/h2-9,16H,1H3,(H,18,19). The SMILES string of the molecule is CC(Nc1ccc(C(=O)O)c([N+](=O)[O-])c1)c1ccncc1. The van der Waals surface area contributed by atoms with Crippen molar-refractivity contribution in [2.45, 2.75) is 13.0 Å². The maximum absolute atomic E-state index is 10.9. The van der Waals surface area contributed by atoms with Crippen LogP contribution in [0.15, 0.2) is 42.7 Å². The minimum Gasteiger partial charge on any atom is -0.477 e. The van der Waals surface area contributed by atoms with Crippen LogP contribution in [-0.2, 0) is 0 Å². The van der Waals surface area contributed by atoms with Gasteiger partial charge in [0.15, 0.2) is 0 Å². The Balaban J connectivity index is 2.27. The number of carboxylic acids is 1. The van der Waals surface area contributed by atoms with Crippen LogP contribution in [0, 0.1) is 10.1 Å². The first-order valence-electron chi connectivity index (χ1n) is 6.17. The molecule has 0 saturated carbocycles. The second-order valence-corrected chi connectivity index (χ2v) is 4.44. The molecule has 0 spiro atoms. The second kappa shape index (κ2) is 6.00. The number of anilines is 1. The van der Waals surface area contributed by atoms with Gasteiger partial charge in [0, 0.05) is 30.2 Å². The van der Waals surface area contributed by atoms with Crippen LogP contribution in [0.1, 0.15) is 28.9 Å². The zero-order valence-corrected chi connectivity index (χ0v) is 11.2. The minimum absolute atomic E-state index is 0.0942. The zero-order valence-electron chi connectivity index (χ0n) is 11.2. The quantitative estimate of drug-likeness (QED) is 0.647. The molecule has 7 heteroatoms. The van der Waals surface area contributed by atoms with Crippen LogP contribution in [0.4, 0.5) is 11.4 Å². The fraction of sp³-hybridized carbons (Fsp3) is 0.143. The van der Waals surface area contributed by atoms with Crippen molar-refractivity contribution in [2.75, 3.05) is 5.32 Å². The molecule has 108 valence electrons. The first-order chi connectivity index (χ1) is 9.99. The molecule has 2 N–H and O–H groups in total. The van der Waals surface area contributed by atoms with Crippen molar-refractivity contribution in [1.82, 2.24) is 4.98 Å². The number of rotatable bonds is 5. The number of nitro groups is 1. The van der Waals surface area contributed by atoms with Crippen LogP contribution < -0.4 is 5.32 Å². The Bertz CT molecular complexity index is 673. The van der Waals surface area contributed by atoms with Crippen LogP contribution in [0.5, 0.6) is 0 Å². The molecule has 0 bridgehead atoms. The number of nitrogens with one attached hydrogen (secondary N) is 1. The summed E-state index contributed by atoms with van der Waals surface area (Å²) in [6.45, 7) is 1.90. The Hall–Kier alpha value is -2.96. The molecular formula is C14H13N3O4. The number of nitrogens with zero attached hydrogens (tertiary/aromatic N) is 2. The predicted octanol–water partition coefficient (Wildman–Crippen LogP) is 2.86. The maximum Gasteiger partial charge on any atom is 0.342 e. The van der Waals surface area contributed by atoms with Gasteiger partial charge in [-0.3, -0.25) is 15.1 Å². The third-order valence-corrected chi connectivity index (χ3v) is 3.01. The summed E-state index contributed by atoms with van der Waals surface area (Å²) in [5.41, 5.74) is 0.683. The monoisotopic (exact) mass is 287 g/mol. The zero-order chi connectivity index (χ0) is 15.4. The van der Waals surface area contributed by atoms with E-state index >= 15 is 0 Å². The normalized spacial score (nSPS) is 11.7. The molecule has 1 aromatic heterocycles. The lowest BCUT2D eigenvalue weighted by atomic mass is 10.1. The fourth-order valence-corrected chi connectivity index (χ4v) is 1.94. The fourth-order valence-electron chi connectivity index (χ4n) is 1.94. The van der Waals surface area contributed by atoms with E-state index in [1.165, 1.54) is 18.2 Å². The van der Waals surface area contributed by atoms with Crippen LogP contribution in [0.2, 0.25) is 0 Å². The first kappa shape index (κ1) is 14.4. The number of aromatic nitrogens is 1. The van der Waals surface area contributed by atoms with Gasteiger partial charge in [-0.25, -0.2) is 4.79 Å². The Morgan fingerprint density at radius 2 is 2.00 bits per heavy atom. The number of aromatic carboxylic acids is 1.